The number of allylic oxidation sites excluding steroid dienone is 2. The van der Waals surface area contributed by atoms with E-state index in [-0.39, 0.29) is 0 Å². The van der Waals surface area contributed by atoms with Crippen molar-refractivity contribution < 1.29 is 4.79 Å². The molecule has 0 aromatic carbocycles. The Morgan fingerprint density at radius 3 is 3.00 bits per heavy atom. The van der Waals surface area contributed by atoms with E-state index in [1.54, 1.807) is 5.57 Å². The van der Waals surface area contributed by atoms with Gasteiger partial charge in [0, 0.05) is 12.8 Å². The Kier molecular flexibility index (Phi) is 3.05. The molecular formula is C13H20O. The highest BCUT2D eigenvalue weighted by molar-refractivity contribution is 5.79. The van der Waals surface area contributed by atoms with Gasteiger partial charge in [0.05, 0.1) is 0 Å². The molecule has 0 heterocycles. The van der Waals surface area contributed by atoms with E-state index in [1.165, 1.54) is 25.7 Å². The maximum atomic E-state index is 11.5. The van der Waals surface area contributed by atoms with Crippen molar-refractivity contribution in [1.29, 1.82) is 0 Å². The predicted octanol–water partition coefficient (Wildman–Crippen LogP) is 3.49. The van der Waals surface area contributed by atoms with Crippen LogP contribution in [-0.2, 0) is 4.79 Å². The van der Waals surface area contributed by atoms with Crippen LogP contribution in [0.2, 0.25) is 0 Å². The largest absolute Gasteiger partial charge is 0.300 e. The Morgan fingerprint density at radius 2 is 2.14 bits per heavy atom. The van der Waals surface area contributed by atoms with Gasteiger partial charge in [0.2, 0.25) is 0 Å². The van der Waals surface area contributed by atoms with Crippen LogP contribution < -0.4 is 0 Å². The molecule has 2 aliphatic rings. The summed E-state index contributed by atoms with van der Waals surface area (Å²) in [5.74, 6) is 1.79. The molecule has 2 aliphatic carbocycles. The van der Waals surface area contributed by atoms with Gasteiger partial charge in [-0.3, -0.25) is 4.79 Å². The van der Waals surface area contributed by atoms with E-state index in [0.29, 0.717) is 11.7 Å². The Hall–Kier alpha value is -0.590. The van der Waals surface area contributed by atoms with Gasteiger partial charge in [-0.2, -0.15) is 0 Å². The molecule has 0 aromatic heterocycles. The summed E-state index contributed by atoms with van der Waals surface area (Å²) >= 11 is 0. The van der Waals surface area contributed by atoms with E-state index >= 15 is 0 Å². The lowest BCUT2D eigenvalue weighted by molar-refractivity contribution is -0.120. The summed E-state index contributed by atoms with van der Waals surface area (Å²) in [6, 6.07) is 0. The number of hydrogen-bond donors (Lipinski definition) is 0. The van der Waals surface area contributed by atoms with Gasteiger partial charge in [0.25, 0.3) is 0 Å². The molecule has 1 nitrogen and oxygen atoms in total. The second-order valence-electron chi connectivity index (χ2n) is 4.89. The molecule has 0 N–H and O–H groups in total. The first kappa shape index (κ1) is 9.95. The maximum Gasteiger partial charge on any atom is 0.133 e. The lowest BCUT2D eigenvalue weighted by atomic mass is 9.73. The number of hydrogen-bond acceptors (Lipinski definition) is 1. The summed E-state index contributed by atoms with van der Waals surface area (Å²) in [6.45, 7) is 2.26. The van der Waals surface area contributed by atoms with Crippen LogP contribution >= 0.6 is 0 Å². The maximum absolute atomic E-state index is 11.5. The van der Waals surface area contributed by atoms with Crippen LogP contribution in [0.15, 0.2) is 11.6 Å². The monoisotopic (exact) mass is 192 g/mol. The third-order valence-electron chi connectivity index (χ3n) is 3.77. The van der Waals surface area contributed by atoms with Crippen molar-refractivity contribution in [3.63, 3.8) is 0 Å². The summed E-state index contributed by atoms with van der Waals surface area (Å²) in [6.07, 6.45) is 10.3. The Labute approximate surface area is 86.6 Å². The smallest absolute Gasteiger partial charge is 0.133 e. The van der Waals surface area contributed by atoms with Crippen molar-refractivity contribution >= 4 is 5.78 Å². The molecule has 14 heavy (non-hydrogen) atoms. The van der Waals surface area contributed by atoms with Gasteiger partial charge in [-0.05, 0) is 37.5 Å². The highest BCUT2D eigenvalue weighted by Gasteiger charge is 2.26. The van der Waals surface area contributed by atoms with Crippen molar-refractivity contribution in [2.75, 3.05) is 0 Å². The average Bonchev–Trinajstić information content (AvgIpc) is 2.16. The van der Waals surface area contributed by atoms with Gasteiger partial charge in [-0.25, -0.2) is 0 Å². The summed E-state index contributed by atoms with van der Waals surface area (Å²) in [5, 5.41) is 0. The highest BCUT2D eigenvalue weighted by atomic mass is 16.1. The summed E-state index contributed by atoms with van der Waals surface area (Å²) in [5.41, 5.74) is 1.66. The normalized spacial score (nSPS) is 37.8. The topological polar surface area (TPSA) is 17.1 Å². The van der Waals surface area contributed by atoms with E-state index in [0.717, 1.165) is 25.2 Å². The molecular weight excluding hydrogens is 172 g/mol. The molecule has 1 heteroatoms. The molecule has 78 valence electrons. The van der Waals surface area contributed by atoms with Crippen molar-refractivity contribution in [2.24, 2.45) is 11.8 Å². The molecule has 0 spiro atoms. The zero-order valence-corrected chi connectivity index (χ0v) is 9.09. The Balaban J connectivity index is 2.15. The zero-order chi connectivity index (χ0) is 9.97. The van der Waals surface area contributed by atoms with Crippen LogP contribution in [0, 0.1) is 11.8 Å². The van der Waals surface area contributed by atoms with Gasteiger partial charge >= 0.3 is 0 Å². The third kappa shape index (κ3) is 2.08. The zero-order valence-electron chi connectivity index (χ0n) is 9.09. The summed E-state index contributed by atoms with van der Waals surface area (Å²) < 4.78 is 0. The average molecular weight is 192 g/mol. The fourth-order valence-electron chi connectivity index (χ4n) is 2.99. The SMILES string of the molecule is C[C@@H]1CC(=O)CC/C=C2/CCCC[C@@H]21. The van der Waals surface area contributed by atoms with Crippen LogP contribution in [-0.4, -0.2) is 5.78 Å². The predicted molar refractivity (Wildman–Crippen MR) is 58.1 cm³/mol. The first-order valence-corrected chi connectivity index (χ1v) is 5.98. The van der Waals surface area contributed by atoms with Gasteiger partial charge in [0.1, 0.15) is 5.78 Å². The van der Waals surface area contributed by atoms with Gasteiger partial charge in [-0.1, -0.05) is 25.0 Å². The molecule has 0 aliphatic heterocycles. The van der Waals surface area contributed by atoms with Crippen LogP contribution in [0.3, 0.4) is 0 Å². The summed E-state index contributed by atoms with van der Waals surface area (Å²) in [7, 11) is 0. The van der Waals surface area contributed by atoms with E-state index in [2.05, 4.69) is 13.0 Å². The van der Waals surface area contributed by atoms with Gasteiger partial charge in [-0.15, -0.1) is 0 Å². The molecule has 1 saturated carbocycles. The van der Waals surface area contributed by atoms with Crippen molar-refractivity contribution in [3.05, 3.63) is 11.6 Å². The highest BCUT2D eigenvalue weighted by Crippen LogP contribution is 2.37. The number of carbonyl (C=O) groups excluding carboxylic acids is 1. The minimum Gasteiger partial charge on any atom is -0.300 e. The molecule has 1 fully saturated rings. The second-order valence-corrected chi connectivity index (χ2v) is 4.89. The molecule has 0 amide bonds. The Bertz CT molecular complexity index is 252. The molecule has 0 saturated heterocycles. The molecule has 0 aromatic rings. The van der Waals surface area contributed by atoms with Crippen LogP contribution in [0.25, 0.3) is 0 Å². The van der Waals surface area contributed by atoms with Crippen molar-refractivity contribution in [1.82, 2.24) is 0 Å². The lowest BCUT2D eigenvalue weighted by Crippen LogP contribution is -2.22. The van der Waals surface area contributed by atoms with Crippen molar-refractivity contribution in [3.8, 4) is 0 Å². The number of rotatable bonds is 0. The minimum atomic E-state index is 0.471. The lowest BCUT2D eigenvalue weighted by Gasteiger charge is -2.31. The molecule has 2 atom stereocenters. The first-order valence-electron chi connectivity index (χ1n) is 5.98. The van der Waals surface area contributed by atoms with Gasteiger partial charge in [0.15, 0.2) is 0 Å². The number of carbonyl (C=O) groups is 1. The molecule has 0 unspecified atom stereocenters. The molecule has 0 bridgehead atoms. The second kappa shape index (κ2) is 4.29. The van der Waals surface area contributed by atoms with E-state index in [1.807, 2.05) is 0 Å². The third-order valence-corrected chi connectivity index (χ3v) is 3.77. The number of Topliss-reactive ketones (excluding diaryl/α,β-unsaturated/α-hetero) is 1. The fourth-order valence-corrected chi connectivity index (χ4v) is 2.99. The molecule has 0 radical (unpaired) electrons. The van der Waals surface area contributed by atoms with E-state index in [9.17, 15) is 4.79 Å². The quantitative estimate of drug-likeness (QED) is 0.537. The van der Waals surface area contributed by atoms with E-state index in [4.69, 9.17) is 0 Å². The minimum absolute atomic E-state index is 0.471. The standard InChI is InChI=1S/C13H20O/c1-10-9-12(14)7-4-6-11-5-2-3-8-13(10)11/h6,10,13H,2-5,7-9H2,1H3/b11-6-/t10-,13-/m1/s1. The Morgan fingerprint density at radius 1 is 1.29 bits per heavy atom. The molecule has 2 rings (SSSR count). The first-order chi connectivity index (χ1) is 6.77. The van der Waals surface area contributed by atoms with Gasteiger partial charge < -0.3 is 0 Å². The number of ketones is 1. The number of fused-ring (bicyclic) bond motifs is 1. The van der Waals surface area contributed by atoms with Crippen LogP contribution in [0.5, 0.6) is 0 Å². The van der Waals surface area contributed by atoms with E-state index < -0.39 is 0 Å². The van der Waals surface area contributed by atoms with Crippen LogP contribution in [0.1, 0.15) is 51.9 Å². The van der Waals surface area contributed by atoms with Crippen molar-refractivity contribution in [2.45, 2.75) is 51.9 Å². The van der Waals surface area contributed by atoms with Crippen LogP contribution in [0.4, 0.5) is 0 Å². The fraction of sp³-hybridized carbons (Fsp3) is 0.769. The summed E-state index contributed by atoms with van der Waals surface area (Å²) in [4.78, 5) is 11.5.